The Balaban J connectivity index is 1.68. The van der Waals surface area contributed by atoms with Crippen molar-refractivity contribution >= 4 is 17.4 Å². The Labute approximate surface area is 161 Å². The third-order valence-electron chi connectivity index (χ3n) is 4.84. The summed E-state index contributed by atoms with van der Waals surface area (Å²) in [5, 5.41) is 4.30. The summed E-state index contributed by atoms with van der Waals surface area (Å²) in [5.74, 6) is -0.270. The first-order chi connectivity index (χ1) is 13.6. The van der Waals surface area contributed by atoms with Crippen LogP contribution in [0.2, 0.25) is 0 Å². The fourth-order valence-corrected chi connectivity index (χ4v) is 3.41. The summed E-state index contributed by atoms with van der Waals surface area (Å²) in [7, 11) is 0. The van der Waals surface area contributed by atoms with Crippen molar-refractivity contribution in [2.45, 2.75) is 12.8 Å². The predicted octanol–water partition coefficient (Wildman–Crippen LogP) is 4.05. The molecular weight excluding hydrogens is 357 g/mol. The number of likely N-dealkylation sites (tertiary alicyclic amines) is 1. The number of nitrogens with zero attached hydrogens (tertiary/aromatic N) is 4. The molecule has 1 saturated heterocycles. The van der Waals surface area contributed by atoms with Gasteiger partial charge in [-0.05, 0) is 43.2 Å². The Bertz CT molecular complexity index is 1080. The fourth-order valence-electron chi connectivity index (χ4n) is 3.41. The van der Waals surface area contributed by atoms with E-state index in [2.05, 4.69) is 9.94 Å². The predicted molar refractivity (Wildman–Crippen MR) is 105 cm³/mol. The van der Waals surface area contributed by atoms with E-state index >= 15 is 0 Å². The molecule has 0 unspecified atom stereocenters. The van der Waals surface area contributed by atoms with Gasteiger partial charge in [0.25, 0.3) is 5.91 Å². The van der Waals surface area contributed by atoms with Gasteiger partial charge in [0.15, 0.2) is 0 Å². The molecule has 0 aliphatic carbocycles. The van der Waals surface area contributed by atoms with Gasteiger partial charge in [0.1, 0.15) is 11.6 Å². The zero-order chi connectivity index (χ0) is 19.7. The number of nitrogens with two attached hydrogens (primary N) is 1. The molecule has 2 heterocycles. The summed E-state index contributed by atoms with van der Waals surface area (Å²) in [6.07, 6.45) is 2.09. The molecular formula is C21H18FN5O. The topological polar surface area (TPSA) is 68.5 Å². The van der Waals surface area contributed by atoms with Crippen LogP contribution in [0.3, 0.4) is 0 Å². The van der Waals surface area contributed by atoms with Crippen molar-refractivity contribution in [2.24, 2.45) is 0 Å². The molecule has 0 spiro atoms. The van der Waals surface area contributed by atoms with Crippen LogP contribution in [0.5, 0.6) is 0 Å². The largest absolute Gasteiger partial charge is 0.382 e. The van der Waals surface area contributed by atoms with Gasteiger partial charge in [-0.15, -0.1) is 0 Å². The number of amides is 1. The van der Waals surface area contributed by atoms with Gasteiger partial charge in [-0.1, -0.05) is 12.1 Å². The smallest absolute Gasteiger partial charge is 0.253 e. The third-order valence-corrected chi connectivity index (χ3v) is 4.84. The van der Waals surface area contributed by atoms with Gasteiger partial charge in [0, 0.05) is 30.3 Å². The van der Waals surface area contributed by atoms with Crippen molar-refractivity contribution in [1.82, 2.24) is 14.7 Å². The van der Waals surface area contributed by atoms with E-state index in [0.29, 0.717) is 28.3 Å². The summed E-state index contributed by atoms with van der Waals surface area (Å²) in [6, 6.07) is 13.2. The lowest BCUT2D eigenvalue weighted by Crippen LogP contribution is -2.27. The van der Waals surface area contributed by atoms with Crippen LogP contribution >= 0.6 is 0 Å². The zero-order valence-electron chi connectivity index (χ0n) is 15.1. The summed E-state index contributed by atoms with van der Waals surface area (Å²) in [4.78, 5) is 17.5. The number of carbonyl (C=O) groups excluding carboxylic acids is 1. The maximum Gasteiger partial charge on any atom is 0.253 e. The molecule has 2 N–H and O–H groups in total. The van der Waals surface area contributed by atoms with E-state index in [1.165, 1.54) is 12.1 Å². The van der Waals surface area contributed by atoms with Crippen molar-refractivity contribution in [2.75, 3.05) is 18.8 Å². The van der Waals surface area contributed by atoms with E-state index < -0.39 is 5.82 Å². The van der Waals surface area contributed by atoms with Crippen LogP contribution in [-0.4, -0.2) is 33.7 Å². The van der Waals surface area contributed by atoms with Crippen LogP contribution < -0.4 is 5.73 Å². The lowest BCUT2D eigenvalue weighted by Gasteiger charge is -2.15. The molecule has 4 rings (SSSR count). The maximum absolute atomic E-state index is 14.0. The number of nitrogen functional groups attached to an aromatic ring is 1. The molecule has 1 aromatic heterocycles. The number of halogens is 1. The summed E-state index contributed by atoms with van der Waals surface area (Å²) in [6.45, 7) is 8.57. The lowest BCUT2D eigenvalue weighted by molar-refractivity contribution is 0.0793. The molecule has 1 aliphatic rings. The van der Waals surface area contributed by atoms with Gasteiger partial charge in [-0.25, -0.2) is 13.9 Å². The van der Waals surface area contributed by atoms with Crippen LogP contribution in [0, 0.1) is 12.4 Å². The number of aromatic nitrogens is 2. The monoisotopic (exact) mass is 375 g/mol. The minimum Gasteiger partial charge on any atom is -0.382 e. The van der Waals surface area contributed by atoms with Crippen LogP contribution in [0.15, 0.2) is 48.5 Å². The molecule has 0 atom stereocenters. The first-order valence-corrected chi connectivity index (χ1v) is 8.99. The minimum atomic E-state index is -0.592. The summed E-state index contributed by atoms with van der Waals surface area (Å²) in [5.41, 5.74) is 8.34. The van der Waals surface area contributed by atoms with Crippen LogP contribution in [0.4, 0.5) is 15.9 Å². The lowest BCUT2D eigenvalue weighted by atomic mass is 10.1. The quantitative estimate of drug-likeness (QED) is 0.702. The molecule has 3 aromatic rings. The van der Waals surface area contributed by atoms with E-state index in [4.69, 9.17) is 12.3 Å². The van der Waals surface area contributed by atoms with Gasteiger partial charge in [0.05, 0.1) is 18.0 Å². The van der Waals surface area contributed by atoms with E-state index in [9.17, 15) is 9.18 Å². The number of carbonyl (C=O) groups is 1. The SMILES string of the molecule is [C-]#[N+]c1ccc(-c2cc(N)nn2-c2ccc(C(=O)N3CCCC3)cc2)cc1F. The molecule has 1 fully saturated rings. The molecule has 6 nitrogen and oxygen atoms in total. The van der Waals surface area contributed by atoms with Gasteiger partial charge < -0.3 is 10.6 Å². The highest BCUT2D eigenvalue weighted by molar-refractivity contribution is 5.94. The molecule has 0 bridgehead atoms. The fraction of sp³-hybridized carbons (Fsp3) is 0.190. The number of benzene rings is 2. The Morgan fingerprint density at radius 2 is 1.82 bits per heavy atom. The Morgan fingerprint density at radius 3 is 2.46 bits per heavy atom. The highest BCUT2D eigenvalue weighted by Crippen LogP contribution is 2.29. The van der Waals surface area contributed by atoms with E-state index in [1.807, 2.05) is 4.90 Å². The second-order valence-electron chi connectivity index (χ2n) is 6.69. The van der Waals surface area contributed by atoms with Crippen molar-refractivity contribution < 1.29 is 9.18 Å². The average Bonchev–Trinajstić information content (AvgIpc) is 3.37. The van der Waals surface area contributed by atoms with Crippen molar-refractivity contribution in [3.63, 3.8) is 0 Å². The van der Waals surface area contributed by atoms with Gasteiger partial charge >= 0.3 is 0 Å². The normalized spacial score (nSPS) is 13.5. The molecule has 140 valence electrons. The molecule has 0 radical (unpaired) electrons. The van der Waals surface area contributed by atoms with E-state index in [0.717, 1.165) is 25.9 Å². The van der Waals surface area contributed by atoms with Crippen molar-refractivity contribution in [3.8, 4) is 16.9 Å². The highest BCUT2D eigenvalue weighted by atomic mass is 19.1. The number of rotatable bonds is 3. The molecule has 7 heteroatoms. The zero-order valence-corrected chi connectivity index (χ0v) is 15.1. The average molecular weight is 375 g/mol. The molecule has 1 amide bonds. The molecule has 2 aromatic carbocycles. The van der Waals surface area contributed by atoms with Crippen LogP contribution in [0.1, 0.15) is 23.2 Å². The van der Waals surface area contributed by atoms with Gasteiger partial charge in [0.2, 0.25) is 5.69 Å². The first kappa shape index (κ1) is 17.7. The highest BCUT2D eigenvalue weighted by Gasteiger charge is 2.19. The van der Waals surface area contributed by atoms with E-state index in [1.54, 1.807) is 41.1 Å². The Hall–Kier alpha value is -3.66. The number of anilines is 1. The van der Waals surface area contributed by atoms with Crippen molar-refractivity contribution in [1.29, 1.82) is 0 Å². The number of hydrogen-bond acceptors (Lipinski definition) is 3. The summed E-state index contributed by atoms with van der Waals surface area (Å²) >= 11 is 0. The second kappa shape index (κ2) is 7.16. The van der Waals surface area contributed by atoms with Crippen LogP contribution in [-0.2, 0) is 0 Å². The second-order valence-corrected chi connectivity index (χ2v) is 6.69. The van der Waals surface area contributed by atoms with Crippen LogP contribution in [0.25, 0.3) is 21.8 Å². The Kier molecular flexibility index (Phi) is 4.53. The summed E-state index contributed by atoms with van der Waals surface area (Å²) < 4.78 is 15.7. The molecule has 0 saturated carbocycles. The molecule has 28 heavy (non-hydrogen) atoms. The van der Waals surface area contributed by atoms with E-state index in [-0.39, 0.29) is 11.6 Å². The number of hydrogen-bond donors (Lipinski definition) is 1. The van der Waals surface area contributed by atoms with Crippen molar-refractivity contribution in [3.05, 3.63) is 71.3 Å². The first-order valence-electron chi connectivity index (χ1n) is 8.99. The third kappa shape index (κ3) is 3.21. The van der Waals surface area contributed by atoms with Gasteiger partial charge in [-0.3, -0.25) is 4.79 Å². The Morgan fingerprint density at radius 1 is 1.11 bits per heavy atom. The standard InChI is InChI=1S/C21H18FN5O/c1-24-18-9-6-15(12-17(18)22)19-13-20(23)25-27(19)16-7-4-14(5-8-16)21(28)26-10-2-3-11-26/h4-9,12-13H,2-3,10-11H2,(H2,23,25). The molecule has 1 aliphatic heterocycles. The van der Waals surface area contributed by atoms with Gasteiger partial charge in [-0.2, -0.15) is 5.10 Å². The maximum atomic E-state index is 14.0. The minimum absolute atomic E-state index is 0.0288.